The van der Waals surface area contributed by atoms with Gasteiger partial charge in [-0.1, -0.05) is 0 Å². The molecule has 4 nitrogen and oxygen atoms in total. The van der Waals surface area contributed by atoms with E-state index in [2.05, 4.69) is 10.3 Å². The second-order valence-electron chi connectivity index (χ2n) is 2.82. The SMILES string of the molecule is CN1Cc2cnccc2NC1=O. The van der Waals surface area contributed by atoms with Crippen molar-refractivity contribution in [1.29, 1.82) is 0 Å². The Labute approximate surface area is 70.2 Å². The summed E-state index contributed by atoms with van der Waals surface area (Å²) in [6.07, 6.45) is 3.44. The number of anilines is 1. The highest BCUT2D eigenvalue weighted by atomic mass is 16.2. The molecule has 0 unspecified atom stereocenters. The van der Waals surface area contributed by atoms with Gasteiger partial charge in [0, 0.05) is 25.0 Å². The summed E-state index contributed by atoms with van der Waals surface area (Å²) < 4.78 is 0. The Morgan fingerprint density at radius 3 is 3.33 bits per heavy atom. The van der Waals surface area contributed by atoms with Gasteiger partial charge in [-0.05, 0) is 6.07 Å². The molecule has 1 N–H and O–H groups in total. The van der Waals surface area contributed by atoms with Crippen molar-refractivity contribution in [3.05, 3.63) is 24.0 Å². The minimum atomic E-state index is -0.0614. The Morgan fingerprint density at radius 1 is 1.67 bits per heavy atom. The van der Waals surface area contributed by atoms with Gasteiger partial charge in [-0.15, -0.1) is 0 Å². The minimum absolute atomic E-state index is 0.0614. The van der Waals surface area contributed by atoms with Gasteiger partial charge in [-0.2, -0.15) is 0 Å². The first kappa shape index (κ1) is 7.09. The number of hydrogen-bond acceptors (Lipinski definition) is 2. The van der Waals surface area contributed by atoms with Crippen LogP contribution in [-0.4, -0.2) is 23.0 Å². The van der Waals surface area contributed by atoms with Crippen molar-refractivity contribution >= 4 is 11.7 Å². The third kappa shape index (κ3) is 1.01. The Kier molecular flexibility index (Phi) is 1.46. The van der Waals surface area contributed by atoms with Gasteiger partial charge in [0.1, 0.15) is 0 Å². The number of hydrogen-bond donors (Lipinski definition) is 1. The molecule has 4 heteroatoms. The van der Waals surface area contributed by atoms with Crippen molar-refractivity contribution in [3.63, 3.8) is 0 Å². The van der Waals surface area contributed by atoms with Crippen LogP contribution in [0.3, 0.4) is 0 Å². The summed E-state index contributed by atoms with van der Waals surface area (Å²) in [5.74, 6) is 0. The number of carbonyl (C=O) groups is 1. The molecule has 0 saturated carbocycles. The monoisotopic (exact) mass is 163 g/mol. The lowest BCUT2D eigenvalue weighted by atomic mass is 10.2. The van der Waals surface area contributed by atoms with Crippen LogP contribution in [0.2, 0.25) is 0 Å². The topological polar surface area (TPSA) is 45.2 Å². The predicted molar refractivity (Wildman–Crippen MR) is 44.7 cm³/mol. The lowest BCUT2D eigenvalue weighted by Gasteiger charge is -2.25. The molecule has 0 saturated heterocycles. The molecule has 1 aliphatic rings. The summed E-state index contributed by atoms with van der Waals surface area (Å²) in [4.78, 5) is 16.7. The van der Waals surface area contributed by atoms with Crippen molar-refractivity contribution in [2.24, 2.45) is 0 Å². The Balaban J connectivity index is 2.40. The first-order valence-corrected chi connectivity index (χ1v) is 3.72. The molecule has 0 spiro atoms. The van der Waals surface area contributed by atoms with Gasteiger partial charge in [-0.25, -0.2) is 4.79 Å². The fourth-order valence-electron chi connectivity index (χ4n) is 1.21. The number of amides is 2. The zero-order chi connectivity index (χ0) is 8.55. The maximum atomic E-state index is 11.2. The normalized spacial score (nSPS) is 15.4. The van der Waals surface area contributed by atoms with E-state index in [1.54, 1.807) is 30.4 Å². The first-order chi connectivity index (χ1) is 5.77. The van der Waals surface area contributed by atoms with E-state index in [1.165, 1.54) is 0 Å². The Hall–Kier alpha value is -1.58. The largest absolute Gasteiger partial charge is 0.323 e. The van der Waals surface area contributed by atoms with Crippen molar-refractivity contribution in [1.82, 2.24) is 9.88 Å². The molecule has 0 aliphatic carbocycles. The minimum Gasteiger partial charge on any atom is -0.323 e. The summed E-state index contributed by atoms with van der Waals surface area (Å²) in [6, 6.07) is 1.74. The molecule has 62 valence electrons. The molecule has 0 fully saturated rings. The highest BCUT2D eigenvalue weighted by Crippen LogP contribution is 2.19. The Morgan fingerprint density at radius 2 is 2.50 bits per heavy atom. The molecule has 1 aliphatic heterocycles. The van der Waals surface area contributed by atoms with Crippen LogP contribution in [0.25, 0.3) is 0 Å². The quantitative estimate of drug-likeness (QED) is 0.621. The standard InChI is InChI=1S/C8H9N3O/c1-11-5-6-4-9-3-2-7(6)10-8(11)12/h2-4H,5H2,1H3,(H,10,12). The van der Waals surface area contributed by atoms with Gasteiger partial charge >= 0.3 is 6.03 Å². The molecular weight excluding hydrogens is 154 g/mol. The van der Waals surface area contributed by atoms with Crippen LogP contribution >= 0.6 is 0 Å². The number of fused-ring (bicyclic) bond motifs is 1. The average molecular weight is 163 g/mol. The average Bonchev–Trinajstić information content (AvgIpc) is 2.07. The number of rotatable bonds is 0. The highest BCUT2D eigenvalue weighted by molar-refractivity contribution is 5.91. The molecule has 0 radical (unpaired) electrons. The van der Waals surface area contributed by atoms with Crippen LogP contribution in [0.4, 0.5) is 10.5 Å². The third-order valence-corrected chi connectivity index (χ3v) is 1.90. The molecule has 1 aromatic rings. The zero-order valence-corrected chi connectivity index (χ0v) is 6.74. The van der Waals surface area contributed by atoms with Crippen molar-refractivity contribution in [2.45, 2.75) is 6.54 Å². The van der Waals surface area contributed by atoms with Gasteiger partial charge in [0.25, 0.3) is 0 Å². The predicted octanol–water partition coefficient (Wildman–Crippen LogP) is 1.06. The molecule has 1 aromatic heterocycles. The lowest BCUT2D eigenvalue weighted by molar-refractivity contribution is 0.218. The molecule has 2 amide bonds. The second-order valence-corrected chi connectivity index (χ2v) is 2.82. The second kappa shape index (κ2) is 2.48. The van der Waals surface area contributed by atoms with Crippen LogP contribution < -0.4 is 5.32 Å². The molecule has 2 rings (SSSR count). The van der Waals surface area contributed by atoms with Crippen LogP contribution in [0.1, 0.15) is 5.56 Å². The molecule has 12 heavy (non-hydrogen) atoms. The van der Waals surface area contributed by atoms with Crippen LogP contribution in [0.15, 0.2) is 18.5 Å². The Bertz CT molecular complexity index is 324. The van der Waals surface area contributed by atoms with E-state index in [-0.39, 0.29) is 6.03 Å². The lowest BCUT2D eigenvalue weighted by Crippen LogP contribution is -2.35. The fraction of sp³-hybridized carbons (Fsp3) is 0.250. The number of nitrogens with one attached hydrogen (secondary N) is 1. The van der Waals surface area contributed by atoms with Crippen LogP contribution in [0.5, 0.6) is 0 Å². The summed E-state index contributed by atoms with van der Waals surface area (Å²) in [7, 11) is 1.76. The highest BCUT2D eigenvalue weighted by Gasteiger charge is 2.18. The number of pyridine rings is 1. The van der Waals surface area contributed by atoms with Gasteiger partial charge in [0.05, 0.1) is 12.2 Å². The summed E-state index contributed by atoms with van der Waals surface area (Å²) in [5.41, 5.74) is 1.92. The summed E-state index contributed by atoms with van der Waals surface area (Å²) in [6.45, 7) is 0.634. The molecule has 2 heterocycles. The van der Waals surface area contributed by atoms with Gasteiger partial charge in [0.15, 0.2) is 0 Å². The number of nitrogens with zero attached hydrogens (tertiary/aromatic N) is 2. The van der Waals surface area contributed by atoms with Gasteiger partial charge in [-0.3, -0.25) is 4.98 Å². The molecule has 0 aromatic carbocycles. The van der Waals surface area contributed by atoms with E-state index in [0.717, 1.165) is 11.3 Å². The fourth-order valence-corrected chi connectivity index (χ4v) is 1.21. The van der Waals surface area contributed by atoms with Gasteiger partial charge in [0.2, 0.25) is 0 Å². The van der Waals surface area contributed by atoms with Crippen molar-refractivity contribution in [3.8, 4) is 0 Å². The molecule has 0 bridgehead atoms. The maximum absolute atomic E-state index is 11.2. The number of carbonyl (C=O) groups excluding carboxylic acids is 1. The van der Waals surface area contributed by atoms with Gasteiger partial charge < -0.3 is 10.2 Å². The van der Waals surface area contributed by atoms with Crippen LogP contribution in [-0.2, 0) is 6.54 Å². The third-order valence-electron chi connectivity index (χ3n) is 1.90. The van der Waals surface area contributed by atoms with E-state index in [1.807, 2.05) is 0 Å². The maximum Gasteiger partial charge on any atom is 0.321 e. The van der Waals surface area contributed by atoms with E-state index in [9.17, 15) is 4.79 Å². The molecule has 0 atom stereocenters. The summed E-state index contributed by atoms with van der Waals surface area (Å²) in [5, 5.41) is 2.76. The summed E-state index contributed by atoms with van der Waals surface area (Å²) >= 11 is 0. The number of urea groups is 1. The van der Waals surface area contributed by atoms with E-state index in [0.29, 0.717) is 6.54 Å². The molecular formula is C8H9N3O. The van der Waals surface area contributed by atoms with E-state index < -0.39 is 0 Å². The van der Waals surface area contributed by atoms with E-state index in [4.69, 9.17) is 0 Å². The number of aromatic nitrogens is 1. The van der Waals surface area contributed by atoms with Crippen molar-refractivity contribution < 1.29 is 4.79 Å². The van der Waals surface area contributed by atoms with Crippen LogP contribution in [0, 0.1) is 0 Å². The first-order valence-electron chi connectivity index (χ1n) is 3.72. The van der Waals surface area contributed by atoms with Crippen molar-refractivity contribution in [2.75, 3.05) is 12.4 Å². The smallest absolute Gasteiger partial charge is 0.321 e. The zero-order valence-electron chi connectivity index (χ0n) is 6.74. The van der Waals surface area contributed by atoms with E-state index >= 15 is 0 Å².